The number of H-pyrrole nitrogens is 1. The number of hydrogen-bond donors (Lipinski definition) is 9. The third-order valence-corrected chi connectivity index (χ3v) is 8.12. The number of primary amides is 1. The van der Waals surface area contributed by atoms with Gasteiger partial charge >= 0.3 is 0 Å². The Bertz CT molecular complexity index is 1270. The Balaban J connectivity index is 1.48. The van der Waals surface area contributed by atoms with E-state index in [0.29, 0.717) is 44.8 Å². The van der Waals surface area contributed by atoms with E-state index in [4.69, 9.17) is 25.7 Å². The zero-order valence-electron chi connectivity index (χ0n) is 27.5. The average Bonchev–Trinajstić information content (AvgIpc) is 3.43. The van der Waals surface area contributed by atoms with E-state index in [1.54, 1.807) is 0 Å². The highest BCUT2D eigenvalue weighted by Crippen LogP contribution is 2.32. The molecule has 15 nitrogen and oxygen atoms in total. The molecule has 11 N–H and O–H groups in total. The maximum absolute atomic E-state index is 12.2. The molecule has 6 atom stereocenters. The maximum atomic E-state index is 12.2. The minimum Gasteiger partial charge on any atom is -0.494 e. The van der Waals surface area contributed by atoms with Gasteiger partial charge in [-0.3, -0.25) is 14.7 Å². The van der Waals surface area contributed by atoms with E-state index in [9.17, 15) is 30.0 Å². The number of nitrogens with two attached hydrogens (primary N) is 2. The van der Waals surface area contributed by atoms with Crippen molar-refractivity contribution in [2.45, 2.75) is 102 Å². The van der Waals surface area contributed by atoms with E-state index in [-0.39, 0.29) is 24.1 Å². The summed E-state index contributed by atoms with van der Waals surface area (Å²) in [5, 5.41) is 53.4. The summed E-state index contributed by atoms with van der Waals surface area (Å²) in [5.41, 5.74) is 14.4. The smallest absolute Gasteiger partial charge is 0.239 e. The molecular formula is C32H52N6O9. The Labute approximate surface area is 275 Å². The van der Waals surface area contributed by atoms with Crippen molar-refractivity contribution in [1.29, 1.82) is 0 Å². The molecule has 1 aliphatic rings. The minimum atomic E-state index is -1.56. The number of aliphatic hydroxyl groups excluding tert-OH is 4. The Hall–Kier alpha value is -3.31. The summed E-state index contributed by atoms with van der Waals surface area (Å²) in [6.07, 6.45) is -3.67. The number of aliphatic hydroxyl groups is 4. The van der Waals surface area contributed by atoms with Crippen molar-refractivity contribution >= 4 is 11.8 Å². The van der Waals surface area contributed by atoms with E-state index >= 15 is 0 Å². The molecule has 264 valence electrons. The lowest BCUT2D eigenvalue weighted by molar-refractivity contribution is -0.278. The fourth-order valence-electron chi connectivity index (χ4n) is 5.29. The zero-order chi connectivity index (χ0) is 34.5. The molecule has 1 saturated heterocycles. The van der Waals surface area contributed by atoms with Crippen LogP contribution in [0.3, 0.4) is 0 Å². The molecule has 1 aromatic carbocycles. The van der Waals surface area contributed by atoms with Gasteiger partial charge < -0.3 is 56.7 Å². The van der Waals surface area contributed by atoms with E-state index in [2.05, 4.69) is 20.8 Å². The highest BCUT2D eigenvalue weighted by Gasteiger charge is 2.45. The largest absolute Gasteiger partial charge is 0.494 e. The molecule has 0 spiro atoms. The van der Waals surface area contributed by atoms with Crippen LogP contribution in [0.4, 0.5) is 0 Å². The van der Waals surface area contributed by atoms with Crippen LogP contribution in [0.25, 0.3) is 0 Å². The summed E-state index contributed by atoms with van der Waals surface area (Å²) < 4.78 is 17.4. The molecule has 0 radical (unpaired) electrons. The second-order valence-corrected chi connectivity index (χ2v) is 12.2. The summed E-state index contributed by atoms with van der Waals surface area (Å²) in [6.45, 7) is 7.54. The van der Waals surface area contributed by atoms with Gasteiger partial charge in [0, 0.05) is 30.6 Å². The van der Waals surface area contributed by atoms with Crippen LogP contribution in [0, 0.1) is 6.92 Å². The predicted octanol–water partition coefficient (Wildman–Crippen LogP) is -0.541. The number of carbonyl (C=O) groups excluding carboxylic acids is 2. The van der Waals surface area contributed by atoms with E-state index < -0.39 is 49.3 Å². The predicted molar refractivity (Wildman–Crippen MR) is 173 cm³/mol. The molecule has 47 heavy (non-hydrogen) atoms. The number of aromatic amines is 1. The highest BCUT2D eigenvalue weighted by atomic mass is 16.7. The van der Waals surface area contributed by atoms with E-state index in [1.165, 1.54) is 0 Å². The second-order valence-electron chi connectivity index (χ2n) is 12.2. The van der Waals surface area contributed by atoms with Gasteiger partial charge in [0.25, 0.3) is 0 Å². The number of unbranched alkanes of at least 4 members (excludes halogenated alkanes) is 1. The number of benzene rings is 1. The summed E-state index contributed by atoms with van der Waals surface area (Å²) in [5.74, 6) is 0.208. The number of nitrogens with one attached hydrogen (secondary N) is 3. The van der Waals surface area contributed by atoms with Crippen LogP contribution in [0.1, 0.15) is 74.3 Å². The lowest BCUT2D eigenvalue weighted by Crippen LogP contribution is -2.60. The maximum Gasteiger partial charge on any atom is 0.239 e. The molecule has 0 aliphatic carbocycles. The van der Waals surface area contributed by atoms with Crippen LogP contribution in [0.2, 0.25) is 0 Å². The number of aromatic nitrogens is 2. The lowest BCUT2D eigenvalue weighted by atomic mass is 9.96. The molecular weight excluding hydrogens is 612 g/mol. The molecule has 3 rings (SSSR count). The van der Waals surface area contributed by atoms with Crippen LogP contribution in [-0.4, -0.2) is 112 Å². The molecule has 1 fully saturated rings. The summed E-state index contributed by atoms with van der Waals surface area (Å²) >= 11 is 0. The second kappa shape index (κ2) is 18.9. The van der Waals surface area contributed by atoms with Crippen molar-refractivity contribution in [3.63, 3.8) is 0 Å². The average molecular weight is 665 g/mol. The van der Waals surface area contributed by atoms with E-state index in [1.807, 2.05) is 39.0 Å². The Morgan fingerprint density at radius 1 is 1.11 bits per heavy atom. The summed E-state index contributed by atoms with van der Waals surface area (Å²) in [4.78, 5) is 23.8. The van der Waals surface area contributed by atoms with Gasteiger partial charge in [-0.25, -0.2) is 0 Å². The van der Waals surface area contributed by atoms with Crippen molar-refractivity contribution in [3.05, 3.63) is 40.6 Å². The normalized spacial score (nSPS) is 21.9. The number of carbonyl (C=O) groups is 2. The standard InChI is InChI=1S/C32H52N6O9/c1-18(2)26-22(31(38-37-26)47-32-29(43)28(42)27(41)24(17-39)46-32)16-20-8-9-21(15-19(20)3)45-14-6-12-35-13-10-25(40)36-23(30(34)44)7-4-5-11-33/h8-9,15,18,23-24,27-29,32,35,39,41-43H,4-7,10-14,16-17,33H2,1-3H3,(H2,34,44)(H,36,40)(H,37,38)/t23-,24?,27+,28?,29+,32?/m0/s1. The molecule has 3 unspecified atom stereocenters. The molecule has 2 amide bonds. The van der Waals surface area contributed by atoms with Crippen LogP contribution < -0.4 is 31.6 Å². The van der Waals surface area contributed by atoms with Crippen molar-refractivity contribution in [2.24, 2.45) is 11.5 Å². The Morgan fingerprint density at radius 2 is 1.87 bits per heavy atom. The lowest BCUT2D eigenvalue weighted by Gasteiger charge is -2.39. The van der Waals surface area contributed by atoms with Crippen molar-refractivity contribution < 1.29 is 44.2 Å². The topological polar surface area (TPSA) is 248 Å². The van der Waals surface area contributed by atoms with Gasteiger partial charge in [-0.2, -0.15) is 0 Å². The Morgan fingerprint density at radius 3 is 2.53 bits per heavy atom. The number of hydrogen-bond acceptors (Lipinski definition) is 12. The first-order chi connectivity index (χ1) is 22.5. The molecule has 15 heteroatoms. The van der Waals surface area contributed by atoms with Gasteiger partial charge in [-0.15, -0.1) is 5.10 Å². The van der Waals surface area contributed by atoms with Crippen molar-refractivity contribution in [2.75, 3.05) is 32.8 Å². The van der Waals surface area contributed by atoms with Crippen molar-refractivity contribution in [1.82, 2.24) is 20.8 Å². The van der Waals surface area contributed by atoms with Crippen LogP contribution in [0.5, 0.6) is 11.6 Å². The van der Waals surface area contributed by atoms with Gasteiger partial charge in [-0.1, -0.05) is 19.9 Å². The summed E-state index contributed by atoms with van der Waals surface area (Å²) in [6, 6.07) is 5.12. The first-order valence-corrected chi connectivity index (χ1v) is 16.2. The van der Waals surface area contributed by atoms with Crippen LogP contribution >= 0.6 is 0 Å². The molecule has 0 saturated carbocycles. The first kappa shape index (κ1) is 38.1. The number of ether oxygens (including phenoxy) is 3. The van der Waals surface area contributed by atoms with Gasteiger partial charge in [0.2, 0.25) is 24.0 Å². The summed E-state index contributed by atoms with van der Waals surface area (Å²) in [7, 11) is 0. The quantitative estimate of drug-likeness (QED) is 0.0810. The molecule has 2 heterocycles. The third kappa shape index (κ3) is 11.1. The number of aryl methyl sites for hydroxylation is 1. The number of amides is 2. The van der Waals surface area contributed by atoms with Gasteiger partial charge in [0.1, 0.15) is 36.2 Å². The fourth-order valence-corrected chi connectivity index (χ4v) is 5.29. The fraction of sp³-hybridized carbons (Fsp3) is 0.656. The highest BCUT2D eigenvalue weighted by molar-refractivity contribution is 5.86. The SMILES string of the molecule is Cc1cc(OCCCNCCC(=O)N[C@@H](CCCCN)C(N)=O)ccc1Cc1c(OC2OC(CO)[C@@H](O)C(O)[C@H]2O)n[nH]c1C(C)C. The monoisotopic (exact) mass is 664 g/mol. The number of nitrogens with zero attached hydrogens (tertiary/aromatic N) is 1. The number of rotatable bonds is 20. The first-order valence-electron chi connectivity index (χ1n) is 16.2. The molecule has 1 aromatic heterocycles. The van der Waals surface area contributed by atoms with Gasteiger partial charge in [0.15, 0.2) is 0 Å². The molecule has 2 aromatic rings. The van der Waals surface area contributed by atoms with Crippen LogP contribution in [-0.2, 0) is 20.7 Å². The molecule has 0 bridgehead atoms. The molecule has 1 aliphatic heterocycles. The van der Waals surface area contributed by atoms with Gasteiger partial charge in [0.05, 0.1) is 13.2 Å². The van der Waals surface area contributed by atoms with Crippen molar-refractivity contribution in [3.8, 4) is 11.6 Å². The Kier molecular flexibility index (Phi) is 15.3. The zero-order valence-corrected chi connectivity index (χ0v) is 27.5. The van der Waals surface area contributed by atoms with Gasteiger partial charge in [-0.05, 0) is 74.9 Å². The minimum absolute atomic E-state index is 0.0779. The van der Waals surface area contributed by atoms with E-state index in [0.717, 1.165) is 41.6 Å². The third-order valence-electron chi connectivity index (χ3n) is 8.12. The van der Waals surface area contributed by atoms with Crippen LogP contribution in [0.15, 0.2) is 18.2 Å².